The maximum absolute atomic E-state index is 7.14. The Kier molecular flexibility index (Phi) is 9.90. The second-order valence-electron chi connectivity index (χ2n) is 21.3. The lowest BCUT2D eigenvalue weighted by Crippen LogP contribution is -2.57. The van der Waals surface area contributed by atoms with Crippen molar-refractivity contribution in [3.8, 4) is 56.4 Å². The van der Waals surface area contributed by atoms with Crippen LogP contribution in [0.15, 0.2) is 206 Å². The molecular formula is C66H55BO2. The third-order valence-electron chi connectivity index (χ3n) is 15.3. The lowest BCUT2D eigenvalue weighted by molar-refractivity contribution is 0.464. The zero-order valence-electron chi connectivity index (χ0n) is 40.5. The van der Waals surface area contributed by atoms with Gasteiger partial charge in [-0.1, -0.05) is 224 Å². The molecule has 0 fully saturated rings. The summed E-state index contributed by atoms with van der Waals surface area (Å²) in [6.07, 6.45) is 0. The van der Waals surface area contributed by atoms with Gasteiger partial charge in [0.2, 0.25) is 0 Å². The van der Waals surface area contributed by atoms with Gasteiger partial charge in [0.15, 0.2) is 0 Å². The highest BCUT2D eigenvalue weighted by Crippen LogP contribution is 2.47. The molecule has 0 unspecified atom stereocenters. The summed E-state index contributed by atoms with van der Waals surface area (Å²) in [6.45, 7) is 16.1. The quantitative estimate of drug-likeness (QED) is 0.117. The van der Waals surface area contributed by atoms with E-state index in [1.165, 1.54) is 71.6 Å². The van der Waals surface area contributed by atoms with Gasteiger partial charge in [0.25, 0.3) is 6.71 Å². The van der Waals surface area contributed by atoms with Crippen molar-refractivity contribution in [1.29, 1.82) is 0 Å². The Balaban J connectivity index is 1.06. The normalized spacial score (nSPS) is 13.1. The highest BCUT2D eigenvalue weighted by molar-refractivity contribution is 6.98. The summed E-state index contributed by atoms with van der Waals surface area (Å²) in [5.74, 6) is 3.42. The van der Waals surface area contributed by atoms with Crippen molar-refractivity contribution in [2.75, 3.05) is 0 Å². The second-order valence-corrected chi connectivity index (χ2v) is 21.3. The van der Waals surface area contributed by atoms with Crippen LogP contribution in [0.1, 0.15) is 76.3 Å². The van der Waals surface area contributed by atoms with E-state index >= 15 is 0 Å². The van der Waals surface area contributed by atoms with Crippen molar-refractivity contribution < 1.29 is 9.47 Å². The van der Waals surface area contributed by atoms with E-state index in [-0.39, 0.29) is 23.0 Å². The zero-order valence-corrected chi connectivity index (χ0v) is 40.5. The molecule has 0 amide bonds. The van der Waals surface area contributed by atoms with Gasteiger partial charge >= 0.3 is 0 Å². The molecule has 0 spiro atoms. The second kappa shape index (κ2) is 16.0. The van der Waals surface area contributed by atoms with Gasteiger partial charge in [0, 0.05) is 16.3 Å². The average Bonchev–Trinajstić information content (AvgIpc) is 3.37. The fourth-order valence-electron chi connectivity index (χ4n) is 11.2. The smallest absolute Gasteiger partial charge is 0.260 e. The molecule has 0 N–H and O–H groups in total. The highest BCUT2D eigenvalue weighted by atomic mass is 16.5. The van der Waals surface area contributed by atoms with E-state index in [1.54, 1.807) is 0 Å². The molecule has 2 nitrogen and oxygen atoms in total. The van der Waals surface area contributed by atoms with Gasteiger partial charge in [0.05, 0.1) is 0 Å². The molecule has 0 aromatic heterocycles. The van der Waals surface area contributed by atoms with Gasteiger partial charge in [0.1, 0.15) is 23.0 Å². The molecule has 3 heteroatoms. The van der Waals surface area contributed by atoms with Gasteiger partial charge in [-0.3, -0.25) is 0 Å². The minimum Gasteiger partial charge on any atom is -0.458 e. The Morgan fingerprint density at radius 1 is 0.304 bits per heavy atom. The van der Waals surface area contributed by atoms with Gasteiger partial charge in [-0.15, -0.1) is 0 Å². The van der Waals surface area contributed by atoms with Gasteiger partial charge < -0.3 is 9.47 Å². The lowest BCUT2D eigenvalue weighted by atomic mass is 9.34. The van der Waals surface area contributed by atoms with Crippen LogP contribution in [0.4, 0.5) is 0 Å². The van der Waals surface area contributed by atoms with Crippen LogP contribution in [-0.2, 0) is 16.2 Å². The topological polar surface area (TPSA) is 18.5 Å². The van der Waals surface area contributed by atoms with E-state index in [0.29, 0.717) is 0 Å². The summed E-state index contributed by atoms with van der Waals surface area (Å²) in [7, 11) is 0. The lowest BCUT2D eigenvalue weighted by Gasteiger charge is -2.36. The van der Waals surface area contributed by atoms with Crippen LogP contribution < -0.4 is 25.9 Å². The molecule has 2 aliphatic heterocycles. The Bertz CT molecular complexity index is 3450. The first-order valence-corrected chi connectivity index (χ1v) is 24.4. The number of rotatable bonds is 7. The third-order valence-corrected chi connectivity index (χ3v) is 15.3. The maximum Gasteiger partial charge on any atom is 0.260 e. The van der Waals surface area contributed by atoms with Crippen LogP contribution >= 0.6 is 0 Å². The summed E-state index contributed by atoms with van der Waals surface area (Å²) in [5, 5.41) is 4.96. The van der Waals surface area contributed by atoms with Crippen molar-refractivity contribution in [1.82, 2.24) is 0 Å². The molecule has 334 valence electrons. The summed E-state index contributed by atoms with van der Waals surface area (Å²) in [6, 6.07) is 75.8. The number of ether oxygens (including phenoxy) is 2. The van der Waals surface area contributed by atoms with Crippen molar-refractivity contribution >= 4 is 44.6 Å². The first kappa shape index (κ1) is 42.7. The fourth-order valence-corrected chi connectivity index (χ4v) is 11.2. The van der Waals surface area contributed by atoms with Crippen molar-refractivity contribution in [3.63, 3.8) is 0 Å². The third kappa shape index (κ3) is 7.09. The van der Waals surface area contributed by atoms with E-state index < -0.39 is 0 Å². The van der Waals surface area contributed by atoms with E-state index in [4.69, 9.17) is 9.47 Å². The van der Waals surface area contributed by atoms with E-state index in [0.717, 1.165) is 50.5 Å². The maximum atomic E-state index is 7.14. The molecule has 0 radical (unpaired) electrons. The van der Waals surface area contributed by atoms with E-state index in [9.17, 15) is 0 Å². The molecule has 2 heterocycles. The minimum atomic E-state index is -0.233. The number of fused-ring (bicyclic) bond motifs is 6. The highest BCUT2D eigenvalue weighted by Gasteiger charge is 2.42. The fraction of sp³-hybridized carbons (Fsp3) is 0.152. The molecule has 2 aliphatic rings. The van der Waals surface area contributed by atoms with Gasteiger partial charge in [-0.05, 0) is 129 Å². The zero-order chi connectivity index (χ0) is 47.2. The predicted molar refractivity (Wildman–Crippen MR) is 291 cm³/mol. The Morgan fingerprint density at radius 3 is 1.14 bits per heavy atom. The van der Waals surface area contributed by atoms with E-state index in [2.05, 4.69) is 255 Å². The molecule has 0 bridgehead atoms. The molecular weight excluding hydrogens is 836 g/mol. The summed E-state index contributed by atoms with van der Waals surface area (Å²) < 4.78 is 14.3. The van der Waals surface area contributed by atoms with Crippen LogP contribution in [-0.4, -0.2) is 6.71 Å². The predicted octanol–water partition coefficient (Wildman–Crippen LogP) is 15.7. The standard InChI is InChI=1S/C66H55BO2/c1-64(2,3)50-36-43(35-45(37-50)62-53-29-19-17-27-51(53)61(42-21-11-8-12-22-42)52-28-18-20-30-54(52)62)44-38-59-63-60(39-44)69-58-34-32-49(66(6,7)47-25-15-10-16-26-47)41-56(58)67(63)55-40-48(31-33-57(55)68-59)65(4,5)46-23-13-9-14-24-46/h8-41H,1-7H3. The summed E-state index contributed by atoms with van der Waals surface area (Å²) >= 11 is 0. The molecule has 0 atom stereocenters. The van der Waals surface area contributed by atoms with Crippen LogP contribution in [0, 0.1) is 0 Å². The number of benzene rings is 10. The Labute approximate surface area is 407 Å². The minimum absolute atomic E-state index is 0.105. The van der Waals surface area contributed by atoms with Crippen LogP contribution in [0.2, 0.25) is 0 Å². The first-order chi connectivity index (χ1) is 33.3. The molecule has 0 saturated carbocycles. The number of hydrogen-bond donors (Lipinski definition) is 0. The SMILES string of the molecule is CC(C)(C)c1cc(-c2cc3c4c(c2)Oc2ccc(C(C)(C)c5ccccc5)cc2B4c2cc(C(C)(C)c4ccccc4)ccc2O3)cc(-c2c3ccccc3c(-c3ccccc3)c3ccccc23)c1. The van der Waals surface area contributed by atoms with Crippen molar-refractivity contribution in [2.24, 2.45) is 0 Å². The Hall–Kier alpha value is -7.62. The monoisotopic (exact) mass is 890 g/mol. The largest absolute Gasteiger partial charge is 0.458 e. The van der Waals surface area contributed by atoms with Crippen molar-refractivity contribution in [3.05, 3.63) is 234 Å². The first-order valence-electron chi connectivity index (χ1n) is 24.4. The molecule has 10 aromatic rings. The van der Waals surface area contributed by atoms with Crippen molar-refractivity contribution in [2.45, 2.75) is 64.7 Å². The molecule has 0 aliphatic carbocycles. The molecule has 12 rings (SSSR count). The molecule has 10 aromatic carbocycles. The van der Waals surface area contributed by atoms with Crippen LogP contribution in [0.25, 0.3) is 54.9 Å². The van der Waals surface area contributed by atoms with Gasteiger partial charge in [-0.2, -0.15) is 0 Å². The molecule has 69 heavy (non-hydrogen) atoms. The summed E-state index contributed by atoms with van der Waals surface area (Å²) in [4.78, 5) is 0. The van der Waals surface area contributed by atoms with Crippen LogP contribution in [0.5, 0.6) is 23.0 Å². The number of hydrogen-bond acceptors (Lipinski definition) is 2. The average molecular weight is 891 g/mol. The Morgan fingerprint density at radius 2 is 0.696 bits per heavy atom. The van der Waals surface area contributed by atoms with Gasteiger partial charge in [-0.25, -0.2) is 0 Å². The molecule has 0 saturated heterocycles. The van der Waals surface area contributed by atoms with Crippen LogP contribution in [0.3, 0.4) is 0 Å². The summed E-state index contributed by atoms with van der Waals surface area (Å²) in [5.41, 5.74) is 16.2. The van der Waals surface area contributed by atoms with E-state index in [1.807, 2.05) is 0 Å².